The zero-order valence-corrected chi connectivity index (χ0v) is 15.1. The molecule has 0 heterocycles. The van der Waals surface area contributed by atoms with Crippen molar-refractivity contribution >= 4 is 39.2 Å². The maximum Gasteiger partial charge on any atom is 0.339 e. The summed E-state index contributed by atoms with van der Waals surface area (Å²) in [5.41, 5.74) is 0.826. The number of anilines is 1. The molecule has 0 saturated heterocycles. The SMILES string of the molecule is Cc1ccc(C(=O)O[C@H](C)C(=O)Nc2ccc(Br)cc2)cc1[N+](=O)[O-]. The predicted octanol–water partition coefficient (Wildman–Crippen LogP) is 3.85. The number of carbonyl (C=O) groups excluding carboxylic acids is 2. The van der Waals surface area contributed by atoms with E-state index in [1.165, 1.54) is 19.1 Å². The van der Waals surface area contributed by atoms with Gasteiger partial charge in [-0.2, -0.15) is 0 Å². The van der Waals surface area contributed by atoms with E-state index in [4.69, 9.17) is 4.74 Å². The second-order valence-electron chi connectivity index (χ2n) is 5.30. The average Bonchev–Trinajstić information content (AvgIpc) is 2.56. The van der Waals surface area contributed by atoms with Crippen molar-refractivity contribution in [3.8, 4) is 0 Å². The summed E-state index contributed by atoms with van der Waals surface area (Å²) in [5, 5.41) is 13.6. The Morgan fingerprint density at radius 2 is 1.84 bits per heavy atom. The number of rotatable bonds is 5. The Hall–Kier alpha value is -2.74. The van der Waals surface area contributed by atoms with Crippen LogP contribution >= 0.6 is 15.9 Å². The first-order valence-corrected chi connectivity index (χ1v) is 8.09. The van der Waals surface area contributed by atoms with E-state index in [0.29, 0.717) is 11.3 Å². The largest absolute Gasteiger partial charge is 0.449 e. The molecule has 0 saturated carbocycles. The van der Waals surface area contributed by atoms with Crippen LogP contribution in [-0.2, 0) is 9.53 Å². The minimum Gasteiger partial charge on any atom is -0.449 e. The lowest BCUT2D eigenvalue weighted by atomic mass is 10.1. The van der Waals surface area contributed by atoms with Crippen LogP contribution in [-0.4, -0.2) is 22.9 Å². The van der Waals surface area contributed by atoms with Gasteiger partial charge >= 0.3 is 5.97 Å². The van der Waals surface area contributed by atoms with Gasteiger partial charge in [-0.1, -0.05) is 22.0 Å². The van der Waals surface area contributed by atoms with Crippen molar-refractivity contribution in [3.63, 3.8) is 0 Å². The number of esters is 1. The third-order valence-electron chi connectivity index (χ3n) is 3.41. The predicted molar refractivity (Wildman–Crippen MR) is 95.5 cm³/mol. The van der Waals surface area contributed by atoms with Crippen molar-refractivity contribution in [2.45, 2.75) is 20.0 Å². The van der Waals surface area contributed by atoms with Crippen molar-refractivity contribution in [1.82, 2.24) is 0 Å². The van der Waals surface area contributed by atoms with Crippen LogP contribution in [0.25, 0.3) is 0 Å². The average molecular weight is 407 g/mol. The molecule has 0 unspecified atom stereocenters. The summed E-state index contributed by atoms with van der Waals surface area (Å²) in [6.07, 6.45) is -1.06. The zero-order valence-electron chi connectivity index (χ0n) is 13.5. The number of carbonyl (C=O) groups is 2. The lowest BCUT2D eigenvalue weighted by molar-refractivity contribution is -0.385. The Bertz CT molecular complexity index is 820. The first-order valence-electron chi connectivity index (χ1n) is 7.30. The molecule has 1 atom stereocenters. The molecular weight excluding hydrogens is 392 g/mol. The Kier molecular flexibility index (Phi) is 5.87. The van der Waals surface area contributed by atoms with Gasteiger partial charge in [-0.05, 0) is 44.2 Å². The van der Waals surface area contributed by atoms with Gasteiger partial charge in [0.2, 0.25) is 0 Å². The molecule has 2 aromatic carbocycles. The summed E-state index contributed by atoms with van der Waals surface area (Å²) in [4.78, 5) is 34.6. The van der Waals surface area contributed by atoms with Crippen molar-refractivity contribution in [2.75, 3.05) is 5.32 Å². The van der Waals surface area contributed by atoms with Crippen LogP contribution in [0.15, 0.2) is 46.9 Å². The second-order valence-corrected chi connectivity index (χ2v) is 6.22. The molecule has 130 valence electrons. The van der Waals surface area contributed by atoms with Gasteiger partial charge in [-0.25, -0.2) is 4.79 Å². The van der Waals surface area contributed by atoms with Crippen molar-refractivity contribution in [1.29, 1.82) is 0 Å². The molecule has 7 nitrogen and oxygen atoms in total. The number of nitrogens with one attached hydrogen (secondary N) is 1. The van der Waals surface area contributed by atoms with Gasteiger partial charge in [0.15, 0.2) is 6.10 Å². The lowest BCUT2D eigenvalue weighted by Gasteiger charge is -2.13. The van der Waals surface area contributed by atoms with Gasteiger partial charge in [0.05, 0.1) is 10.5 Å². The summed E-state index contributed by atoms with van der Waals surface area (Å²) in [6.45, 7) is 3.00. The normalized spacial score (nSPS) is 11.5. The Balaban J connectivity index is 2.04. The molecule has 2 aromatic rings. The fraction of sp³-hybridized carbons (Fsp3) is 0.176. The minimum absolute atomic E-state index is 0.0144. The van der Waals surface area contributed by atoms with Gasteiger partial charge in [0.25, 0.3) is 11.6 Å². The summed E-state index contributed by atoms with van der Waals surface area (Å²) in [6, 6.07) is 10.9. The third kappa shape index (κ3) is 4.87. The fourth-order valence-electron chi connectivity index (χ4n) is 1.99. The molecule has 0 aliphatic carbocycles. The number of hydrogen-bond acceptors (Lipinski definition) is 5. The number of nitrogens with zero attached hydrogens (tertiary/aromatic N) is 1. The van der Waals surface area contributed by atoms with E-state index < -0.39 is 22.9 Å². The van der Waals surface area contributed by atoms with Crippen LogP contribution in [0.4, 0.5) is 11.4 Å². The van der Waals surface area contributed by atoms with Gasteiger partial charge in [0, 0.05) is 21.8 Å². The van der Waals surface area contributed by atoms with Gasteiger partial charge < -0.3 is 10.1 Å². The molecule has 0 fully saturated rings. The number of ether oxygens (including phenoxy) is 1. The topological polar surface area (TPSA) is 98.5 Å². The summed E-state index contributed by atoms with van der Waals surface area (Å²) in [5.74, 6) is -1.31. The molecule has 0 radical (unpaired) electrons. The van der Waals surface area contributed by atoms with E-state index in [0.717, 1.165) is 10.5 Å². The Labute approximate surface area is 152 Å². The van der Waals surface area contributed by atoms with Crippen LogP contribution < -0.4 is 5.32 Å². The van der Waals surface area contributed by atoms with Crippen molar-refractivity contribution in [2.24, 2.45) is 0 Å². The standard InChI is InChI=1S/C17H15BrN2O5/c1-10-3-4-12(9-15(10)20(23)24)17(22)25-11(2)16(21)19-14-7-5-13(18)6-8-14/h3-9,11H,1-2H3,(H,19,21)/t11-/m1/s1. The van der Waals surface area contributed by atoms with E-state index in [1.807, 2.05) is 0 Å². The van der Waals surface area contributed by atoms with Gasteiger partial charge in [-0.3, -0.25) is 14.9 Å². The fourth-order valence-corrected chi connectivity index (χ4v) is 2.26. The number of amides is 1. The van der Waals surface area contributed by atoms with E-state index in [2.05, 4.69) is 21.2 Å². The van der Waals surface area contributed by atoms with Crippen LogP contribution in [0.3, 0.4) is 0 Å². The van der Waals surface area contributed by atoms with Crippen LogP contribution in [0.1, 0.15) is 22.8 Å². The molecule has 0 aliphatic heterocycles. The molecule has 0 aliphatic rings. The summed E-state index contributed by atoms with van der Waals surface area (Å²) >= 11 is 3.29. The van der Waals surface area contributed by atoms with E-state index in [-0.39, 0.29) is 11.3 Å². The summed E-state index contributed by atoms with van der Waals surface area (Å²) in [7, 11) is 0. The number of benzene rings is 2. The van der Waals surface area contributed by atoms with E-state index in [9.17, 15) is 19.7 Å². The number of nitro benzene ring substituents is 1. The molecule has 1 N–H and O–H groups in total. The highest BCUT2D eigenvalue weighted by Crippen LogP contribution is 2.20. The number of hydrogen-bond donors (Lipinski definition) is 1. The summed E-state index contributed by atoms with van der Waals surface area (Å²) < 4.78 is 5.95. The molecule has 1 amide bonds. The molecule has 25 heavy (non-hydrogen) atoms. The van der Waals surface area contributed by atoms with Gasteiger partial charge in [0.1, 0.15) is 0 Å². The molecule has 8 heteroatoms. The molecule has 0 aromatic heterocycles. The van der Waals surface area contributed by atoms with Crippen molar-refractivity contribution < 1.29 is 19.2 Å². The first-order chi connectivity index (χ1) is 11.8. The molecule has 0 bridgehead atoms. The van der Waals surface area contributed by atoms with Crippen LogP contribution in [0.5, 0.6) is 0 Å². The lowest BCUT2D eigenvalue weighted by Crippen LogP contribution is -2.30. The molecule has 2 rings (SSSR count). The highest BCUT2D eigenvalue weighted by atomic mass is 79.9. The van der Waals surface area contributed by atoms with Crippen molar-refractivity contribution in [3.05, 3.63) is 68.2 Å². The van der Waals surface area contributed by atoms with Gasteiger partial charge in [-0.15, -0.1) is 0 Å². The van der Waals surface area contributed by atoms with E-state index >= 15 is 0 Å². The van der Waals surface area contributed by atoms with Crippen LogP contribution in [0.2, 0.25) is 0 Å². The number of halogens is 1. The Morgan fingerprint density at radius 1 is 1.20 bits per heavy atom. The number of aryl methyl sites for hydroxylation is 1. The smallest absolute Gasteiger partial charge is 0.339 e. The number of nitro groups is 1. The monoisotopic (exact) mass is 406 g/mol. The highest BCUT2D eigenvalue weighted by Gasteiger charge is 2.21. The quantitative estimate of drug-likeness (QED) is 0.461. The first kappa shape index (κ1) is 18.6. The highest BCUT2D eigenvalue weighted by molar-refractivity contribution is 9.10. The second kappa shape index (κ2) is 7.89. The van der Waals surface area contributed by atoms with E-state index in [1.54, 1.807) is 31.2 Å². The maximum absolute atomic E-state index is 12.1. The Morgan fingerprint density at radius 3 is 2.44 bits per heavy atom. The maximum atomic E-state index is 12.1. The molecule has 0 spiro atoms. The zero-order chi connectivity index (χ0) is 18.6. The minimum atomic E-state index is -1.06. The van der Waals surface area contributed by atoms with Crippen LogP contribution in [0, 0.1) is 17.0 Å². The third-order valence-corrected chi connectivity index (χ3v) is 3.94. The molecular formula is C17H15BrN2O5.